The molecule has 2 heterocycles. The van der Waals surface area contributed by atoms with Gasteiger partial charge in [-0.05, 0) is 20.3 Å². The maximum atomic E-state index is 12.2. The summed E-state index contributed by atoms with van der Waals surface area (Å²) < 4.78 is 0. The van der Waals surface area contributed by atoms with E-state index < -0.39 is 0 Å². The summed E-state index contributed by atoms with van der Waals surface area (Å²) in [5, 5.41) is 11.0. The van der Waals surface area contributed by atoms with E-state index in [-0.39, 0.29) is 18.0 Å². The quantitative estimate of drug-likeness (QED) is 0.782. The molecule has 1 aliphatic rings. The number of amides is 3. The normalized spacial score (nSPS) is 18.6. The van der Waals surface area contributed by atoms with Gasteiger partial charge in [0.25, 0.3) is 5.91 Å². The van der Waals surface area contributed by atoms with Crippen LogP contribution in [0.2, 0.25) is 0 Å². The van der Waals surface area contributed by atoms with Gasteiger partial charge in [0, 0.05) is 11.1 Å². The second-order valence-electron chi connectivity index (χ2n) is 4.63. The lowest BCUT2D eigenvalue weighted by atomic mass is 10.0. The fourth-order valence-electron chi connectivity index (χ4n) is 2.08. The number of hydrogen-bond donors (Lipinski definition) is 3. The summed E-state index contributed by atoms with van der Waals surface area (Å²) in [6, 6.07) is -0.578. The number of aryl methyl sites for hydroxylation is 1. The largest absolute Gasteiger partial charge is 0.346 e. The number of carbonyl (C=O) groups is 2. The Balaban J connectivity index is 2.01. The average Bonchev–Trinajstić information content (AvgIpc) is 2.83. The van der Waals surface area contributed by atoms with Gasteiger partial charge < -0.3 is 16.0 Å². The maximum Gasteiger partial charge on any atom is 0.319 e. The van der Waals surface area contributed by atoms with Gasteiger partial charge >= 0.3 is 6.03 Å². The van der Waals surface area contributed by atoms with E-state index in [9.17, 15) is 9.59 Å². The van der Waals surface area contributed by atoms with E-state index in [2.05, 4.69) is 20.9 Å². The maximum absolute atomic E-state index is 12.2. The lowest BCUT2D eigenvalue weighted by Crippen LogP contribution is -2.50. The van der Waals surface area contributed by atoms with E-state index in [4.69, 9.17) is 0 Å². The van der Waals surface area contributed by atoms with E-state index >= 15 is 0 Å². The summed E-state index contributed by atoms with van der Waals surface area (Å²) in [5.41, 5.74) is 2.18. The molecule has 1 aromatic rings. The summed E-state index contributed by atoms with van der Waals surface area (Å²) in [5.74, 6) is -0.184. The molecule has 0 saturated carbocycles. The molecule has 1 aliphatic heterocycles. The van der Waals surface area contributed by atoms with Crippen LogP contribution in [0.4, 0.5) is 4.79 Å². The third-order valence-electron chi connectivity index (χ3n) is 3.09. The lowest BCUT2D eigenvalue weighted by molar-refractivity contribution is -0.118. The first-order valence-electron chi connectivity index (χ1n) is 6.51. The topological polar surface area (TPSA) is 83.1 Å². The molecule has 1 aromatic heterocycles. The molecule has 0 fully saturated rings. The van der Waals surface area contributed by atoms with Crippen molar-refractivity contribution in [1.29, 1.82) is 0 Å². The number of nitrogens with zero attached hydrogens (tertiary/aromatic N) is 1. The van der Waals surface area contributed by atoms with Gasteiger partial charge in [-0.1, -0.05) is 6.92 Å². The molecule has 3 amide bonds. The molecule has 0 radical (unpaired) electrons. The van der Waals surface area contributed by atoms with E-state index in [1.54, 1.807) is 13.8 Å². The highest BCUT2D eigenvalue weighted by Gasteiger charge is 2.26. The van der Waals surface area contributed by atoms with Crippen molar-refractivity contribution in [3.8, 4) is 0 Å². The molecule has 20 heavy (non-hydrogen) atoms. The highest BCUT2D eigenvalue weighted by atomic mass is 32.1. The van der Waals surface area contributed by atoms with E-state index in [0.717, 1.165) is 17.1 Å². The van der Waals surface area contributed by atoms with Gasteiger partial charge in [-0.15, -0.1) is 11.3 Å². The summed E-state index contributed by atoms with van der Waals surface area (Å²) in [4.78, 5) is 27.9. The molecule has 0 spiro atoms. The van der Waals surface area contributed by atoms with Crippen LogP contribution in [0, 0.1) is 0 Å². The predicted octanol–water partition coefficient (Wildman–Crippen LogP) is 1.30. The fourth-order valence-corrected chi connectivity index (χ4v) is 2.89. The molecule has 1 atom stereocenters. The van der Waals surface area contributed by atoms with Crippen LogP contribution in [-0.2, 0) is 17.8 Å². The zero-order valence-electron chi connectivity index (χ0n) is 11.7. The third-order valence-corrected chi connectivity index (χ3v) is 3.99. The van der Waals surface area contributed by atoms with Gasteiger partial charge in [-0.25, -0.2) is 9.78 Å². The van der Waals surface area contributed by atoms with Gasteiger partial charge in [-0.2, -0.15) is 0 Å². The molecular formula is C13H18N4O2S. The van der Waals surface area contributed by atoms with Crippen LogP contribution < -0.4 is 16.0 Å². The van der Waals surface area contributed by atoms with Crippen LogP contribution in [0.15, 0.2) is 16.7 Å². The Morgan fingerprint density at radius 1 is 1.55 bits per heavy atom. The van der Waals surface area contributed by atoms with Gasteiger partial charge in [0.15, 0.2) is 0 Å². The average molecular weight is 294 g/mol. The molecular weight excluding hydrogens is 276 g/mol. The molecule has 0 bridgehead atoms. The smallest absolute Gasteiger partial charge is 0.319 e. The zero-order chi connectivity index (χ0) is 14.7. The molecule has 3 N–H and O–H groups in total. The SMILES string of the molecule is CCc1csc(CNC(=O)C2=C(C)NC(=O)N[C@@H]2C)n1. The minimum absolute atomic E-state index is 0.184. The van der Waals surface area contributed by atoms with Crippen LogP contribution in [0.1, 0.15) is 31.5 Å². The Labute approximate surface area is 121 Å². The Hall–Kier alpha value is -1.89. The Kier molecular flexibility index (Phi) is 4.39. The second-order valence-corrected chi connectivity index (χ2v) is 5.57. The predicted molar refractivity (Wildman–Crippen MR) is 77.2 cm³/mol. The Morgan fingerprint density at radius 2 is 2.30 bits per heavy atom. The monoisotopic (exact) mass is 294 g/mol. The van der Waals surface area contributed by atoms with Crippen molar-refractivity contribution in [2.45, 2.75) is 39.8 Å². The molecule has 7 heteroatoms. The van der Waals surface area contributed by atoms with Gasteiger partial charge in [0.1, 0.15) is 5.01 Å². The summed E-state index contributed by atoms with van der Waals surface area (Å²) in [6.07, 6.45) is 0.891. The van der Waals surface area contributed by atoms with Crippen LogP contribution in [0.25, 0.3) is 0 Å². The van der Waals surface area contributed by atoms with E-state index in [1.165, 1.54) is 11.3 Å². The summed E-state index contributed by atoms with van der Waals surface area (Å²) in [7, 11) is 0. The van der Waals surface area contributed by atoms with Gasteiger partial charge in [-0.3, -0.25) is 4.79 Å². The Bertz CT molecular complexity index is 564. The van der Waals surface area contributed by atoms with Crippen molar-refractivity contribution in [2.75, 3.05) is 0 Å². The number of urea groups is 1. The van der Waals surface area contributed by atoms with Crippen LogP contribution in [0.3, 0.4) is 0 Å². The van der Waals surface area contributed by atoms with Crippen LogP contribution in [-0.4, -0.2) is 23.0 Å². The molecule has 0 saturated heterocycles. The molecule has 108 valence electrons. The minimum atomic E-state index is -0.300. The molecule has 0 aromatic carbocycles. The van der Waals surface area contributed by atoms with Gasteiger partial charge in [0.2, 0.25) is 0 Å². The van der Waals surface area contributed by atoms with Crippen molar-refractivity contribution < 1.29 is 9.59 Å². The highest BCUT2D eigenvalue weighted by molar-refractivity contribution is 7.09. The van der Waals surface area contributed by atoms with Crippen LogP contribution in [0.5, 0.6) is 0 Å². The van der Waals surface area contributed by atoms with Crippen LogP contribution >= 0.6 is 11.3 Å². The molecule has 6 nitrogen and oxygen atoms in total. The van der Waals surface area contributed by atoms with E-state index in [0.29, 0.717) is 17.8 Å². The van der Waals surface area contributed by atoms with Crippen molar-refractivity contribution in [3.05, 3.63) is 27.4 Å². The first kappa shape index (κ1) is 14.5. The minimum Gasteiger partial charge on any atom is -0.346 e. The fraction of sp³-hybridized carbons (Fsp3) is 0.462. The number of thiazole rings is 1. The summed E-state index contributed by atoms with van der Waals surface area (Å²) >= 11 is 1.54. The number of carbonyl (C=O) groups excluding carboxylic acids is 2. The number of allylic oxidation sites excluding steroid dienone is 1. The summed E-state index contributed by atoms with van der Waals surface area (Å²) in [6.45, 7) is 5.96. The number of nitrogens with one attached hydrogen (secondary N) is 3. The second kappa shape index (κ2) is 6.04. The number of rotatable bonds is 4. The Morgan fingerprint density at radius 3 is 2.90 bits per heavy atom. The first-order chi connectivity index (χ1) is 9.51. The first-order valence-corrected chi connectivity index (χ1v) is 7.39. The van der Waals surface area contributed by atoms with Crippen molar-refractivity contribution in [2.24, 2.45) is 0 Å². The van der Waals surface area contributed by atoms with Crippen molar-refractivity contribution in [1.82, 2.24) is 20.9 Å². The number of aromatic nitrogens is 1. The van der Waals surface area contributed by atoms with Gasteiger partial charge in [0.05, 0.1) is 23.9 Å². The molecule has 2 rings (SSSR count). The van der Waals surface area contributed by atoms with Crippen molar-refractivity contribution >= 4 is 23.3 Å². The standard InChI is InChI=1S/C13H18N4O2S/c1-4-9-6-20-10(17-9)5-14-12(18)11-7(2)15-13(19)16-8(11)3/h6-7H,4-5H2,1-3H3,(H,14,18)(H2,15,16,19)/t7-/m1/s1. The lowest BCUT2D eigenvalue weighted by Gasteiger charge is -2.25. The van der Waals surface area contributed by atoms with Crippen molar-refractivity contribution in [3.63, 3.8) is 0 Å². The molecule has 0 aliphatic carbocycles. The number of hydrogen-bond acceptors (Lipinski definition) is 4. The molecule has 0 unspecified atom stereocenters. The zero-order valence-corrected chi connectivity index (χ0v) is 12.6. The van der Waals surface area contributed by atoms with E-state index in [1.807, 2.05) is 12.3 Å². The highest BCUT2D eigenvalue weighted by Crippen LogP contribution is 2.13. The third kappa shape index (κ3) is 3.16.